The molecule has 1 N–H and O–H groups in total. The van der Waals surface area contributed by atoms with Crippen LogP contribution in [0.3, 0.4) is 0 Å². The van der Waals surface area contributed by atoms with Crippen LogP contribution in [0.25, 0.3) is 0 Å². The minimum absolute atomic E-state index is 0.0841. The Balaban J connectivity index is 3.29. The summed E-state index contributed by atoms with van der Waals surface area (Å²) >= 11 is 0.558. The Kier molecular flexibility index (Phi) is 4.74. The number of carboxylic acid groups (broad SMARTS) is 1. The molecule has 0 spiro atoms. The highest BCUT2D eigenvalue weighted by atomic mass is 32.1. The number of aromatic carboxylic acids is 1. The van der Waals surface area contributed by atoms with Crippen molar-refractivity contribution in [3.63, 3.8) is 0 Å². The molecule has 1 heterocycles. The largest absolute Gasteiger partial charge is 0.477 e. The molecular formula is C11H13F3N2O3S. The van der Waals surface area contributed by atoms with Crippen LogP contribution in [0, 0.1) is 6.92 Å². The summed E-state index contributed by atoms with van der Waals surface area (Å²) in [7, 11) is 0. The number of halogens is 3. The molecule has 0 saturated heterocycles. The highest BCUT2D eigenvalue weighted by molar-refractivity contribution is 7.17. The Bertz CT molecular complexity index is 527. The fourth-order valence-corrected chi connectivity index (χ4v) is 2.49. The van der Waals surface area contributed by atoms with Gasteiger partial charge in [-0.2, -0.15) is 13.2 Å². The van der Waals surface area contributed by atoms with Crippen molar-refractivity contribution in [2.75, 3.05) is 4.90 Å². The van der Waals surface area contributed by atoms with E-state index in [4.69, 9.17) is 5.11 Å². The first-order valence-electron chi connectivity index (χ1n) is 5.70. The number of carbonyl (C=O) groups is 2. The van der Waals surface area contributed by atoms with E-state index in [0.29, 0.717) is 16.2 Å². The summed E-state index contributed by atoms with van der Waals surface area (Å²) in [4.78, 5) is 26.5. The number of nitrogens with zero attached hydrogens (tertiary/aromatic N) is 2. The second kappa shape index (κ2) is 5.78. The summed E-state index contributed by atoms with van der Waals surface area (Å²) in [5.74, 6) is -3.33. The number of carbonyl (C=O) groups excluding carboxylic acids is 1. The molecule has 1 amide bonds. The van der Waals surface area contributed by atoms with Crippen LogP contribution in [-0.4, -0.2) is 34.2 Å². The van der Waals surface area contributed by atoms with Gasteiger partial charge >= 0.3 is 18.1 Å². The van der Waals surface area contributed by atoms with E-state index in [0.717, 1.165) is 0 Å². The van der Waals surface area contributed by atoms with Gasteiger partial charge in [-0.3, -0.25) is 9.69 Å². The molecule has 0 fully saturated rings. The zero-order valence-electron chi connectivity index (χ0n) is 11.0. The molecule has 1 aromatic rings. The van der Waals surface area contributed by atoms with Crippen molar-refractivity contribution in [3.8, 4) is 0 Å². The standard InChI is InChI=1S/C11H13F3N2O3S/c1-4-5(2)16(9(19)11(12,13)14)10-15-6(3)7(20-10)8(17)18/h5H,4H2,1-3H3,(H,17,18). The average Bonchev–Trinajstić information content (AvgIpc) is 2.69. The van der Waals surface area contributed by atoms with Gasteiger partial charge in [-0.05, 0) is 20.3 Å². The first-order chi connectivity index (χ1) is 9.09. The molecule has 9 heteroatoms. The Morgan fingerprint density at radius 3 is 2.35 bits per heavy atom. The molecule has 0 saturated carbocycles. The zero-order valence-corrected chi connectivity index (χ0v) is 11.8. The zero-order chi connectivity index (χ0) is 15.7. The van der Waals surface area contributed by atoms with Crippen LogP contribution >= 0.6 is 11.3 Å². The monoisotopic (exact) mass is 310 g/mol. The second-order valence-electron chi connectivity index (χ2n) is 4.15. The number of hydrogen-bond acceptors (Lipinski definition) is 4. The van der Waals surface area contributed by atoms with Gasteiger partial charge in [-0.15, -0.1) is 0 Å². The normalized spacial score (nSPS) is 13.1. The number of aromatic nitrogens is 1. The first kappa shape index (κ1) is 16.4. The highest BCUT2D eigenvalue weighted by Gasteiger charge is 2.45. The molecule has 1 unspecified atom stereocenters. The topological polar surface area (TPSA) is 70.5 Å². The van der Waals surface area contributed by atoms with Gasteiger partial charge in [-0.1, -0.05) is 18.3 Å². The predicted molar refractivity (Wildman–Crippen MR) is 67.1 cm³/mol. The van der Waals surface area contributed by atoms with Crippen LogP contribution in [0.1, 0.15) is 35.6 Å². The van der Waals surface area contributed by atoms with E-state index in [2.05, 4.69) is 4.98 Å². The van der Waals surface area contributed by atoms with Gasteiger partial charge in [0.15, 0.2) is 5.13 Å². The summed E-state index contributed by atoms with van der Waals surface area (Å²) in [6, 6.07) is -0.740. The third-order valence-electron chi connectivity index (χ3n) is 2.68. The minimum atomic E-state index is -5.04. The summed E-state index contributed by atoms with van der Waals surface area (Å²) in [6.45, 7) is 4.44. The molecule has 0 aliphatic rings. The maximum absolute atomic E-state index is 12.6. The van der Waals surface area contributed by atoms with Gasteiger partial charge in [0.05, 0.1) is 5.69 Å². The molecule has 20 heavy (non-hydrogen) atoms. The lowest BCUT2D eigenvalue weighted by atomic mass is 10.2. The van der Waals surface area contributed by atoms with Gasteiger partial charge in [-0.25, -0.2) is 9.78 Å². The minimum Gasteiger partial charge on any atom is -0.477 e. The van der Waals surface area contributed by atoms with Gasteiger partial charge in [0, 0.05) is 6.04 Å². The van der Waals surface area contributed by atoms with Crippen molar-refractivity contribution >= 4 is 28.3 Å². The number of hydrogen-bond donors (Lipinski definition) is 1. The maximum Gasteiger partial charge on any atom is 0.471 e. The molecular weight excluding hydrogens is 297 g/mol. The van der Waals surface area contributed by atoms with Crippen LogP contribution in [0.2, 0.25) is 0 Å². The fourth-order valence-electron chi connectivity index (χ4n) is 1.48. The SMILES string of the molecule is CCC(C)N(C(=O)C(F)(F)F)c1nc(C)c(C(=O)O)s1. The van der Waals surface area contributed by atoms with Crippen molar-refractivity contribution in [2.24, 2.45) is 0 Å². The number of rotatable bonds is 4. The van der Waals surface area contributed by atoms with Crippen molar-refractivity contribution in [2.45, 2.75) is 39.4 Å². The van der Waals surface area contributed by atoms with Gasteiger partial charge in [0.2, 0.25) is 0 Å². The summed E-state index contributed by atoms with van der Waals surface area (Å²) < 4.78 is 37.9. The quantitative estimate of drug-likeness (QED) is 0.928. The average molecular weight is 310 g/mol. The fraction of sp³-hybridized carbons (Fsp3) is 0.545. The van der Waals surface area contributed by atoms with Crippen LogP contribution in [0.15, 0.2) is 0 Å². The van der Waals surface area contributed by atoms with Gasteiger partial charge < -0.3 is 5.11 Å². The lowest BCUT2D eigenvalue weighted by molar-refractivity contribution is -0.170. The molecule has 0 aliphatic carbocycles. The molecule has 0 bridgehead atoms. The summed E-state index contributed by atoms with van der Waals surface area (Å²) in [5, 5.41) is 8.65. The van der Waals surface area contributed by atoms with E-state index in [-0.39, 0.29) is 22.1 Å². The molecule has 112 valence electrons. The third kappa shape index (κ3) is 3.27. The molecule has 1 atom stereocenters. The number of alkyl halides is 3. The van der Waals surface area contributed by atoms with Gasteiger partial charge in [0.1, 0.15) is 4.88 Å². The molecule has 0 aromatic carbocycles. The molecule has 1 aromatic heterocycles. The van der Waals surface area contributed by atoms with E-state index in [9.17, 15) is 22.8 Å². The second-order valence-corrected chi connectivity index (χ2v) is 5.12. The third-order valence-corrected chi connectivity index (χ3v) is 3.82. The smallest absolute Gasteiger partial charge is 0.471 e. The Morgan fingerprint density at radius 1 is 1.45 bits per heavy atom. The Morgan fingerprint density at radius 2 is 2.00 bits per heavy atom. The number of aryl methyl sites for hydroxylation is 1. The van der Waals surface area contributed by atoms with E-state index < -0.39 is 24.1 Å². The van der Waals surface area contributed by atoms with E-state index in [1.807, 2.05) is 0 Å². The molecule has 1 rings (SSSR count). The lowest BCUT2D eigenvalue weighted by Crippen LogP contribution is -2.46. The summed E-state index contributed by atoms with van der Waals surface area (Å²) in [6.07, 6.45) is -4.75. The van der Waals surface area contributed by atoms with Crippen LogP contribution < -0.4 is 4.90 Å². The summed E-state index contributed by atoms with van der Waals surface area (Å²) in [5.41, 5.74) is 0.0841. The molecule has 0 radical (unpaired) electrons. The van der Waals surface area contributed by atoms with Crippen molar-refractivity contribution in [1.29, 1.82) is 0 Å². The maximum atomic E-state index is 12.6. The van der Waals surface area contributed by atoms with Crippen molar-refractivity contribution < 1.29 is 27.9 Å². The van der Waals surface area contributed by atoms with Crippen LogP contribution in [-0.2, 0) is 4.79 Å². The number of thiazole rings is 1. The number of anilines is 1. The Hall–Kier alpha value is -1.64. The van der Waals surface area contributed by atoms with Crippen LogP contribution in [0.5, 0.6) is 0 Å². The van der Waals surface area contributed by atoms with Crippen molar-refractivity contribution in [3.05, 3.63) is 10.6 Å². The molecule has 5 nitrogen and oxygen atoms in total. The first-order valence-corrected chi connectivity index (χ1v) is 6.52. The highest BCUT2D eigenvalue weighted by Crippen LogP contribution is 2.31. The van der Waals surface area contributed by atoms with E-state index in [1.54, 1.807) is 6.92 Å². The number of amides is 1. The lowest BCUT2D eigenvalue weighted by Gasteiger charge is -2.26. The van der Waals surface area contributed by atoms with E-state index >= 15 is 0 Å². The van der Waals surface area contributed by atoms with E-state index in [1.165, 1.54) is 13.8 Å². The Labute approximate surface area is 117 Å². The van der Waals surface area contributed by atoms with Crippen LogP contribution in [0.4, 0.5) is 18.3 Å². The van der Waals surface area contributed by atoms with Crippen molar-refractivity contribution in [1.82, 2.24) is 4.98 Å². The van der Waals surface area contributed by atoms with Gasteiger partial charge in [0.25, 0.3) is 0 Å². The predicted octanol–water partition coefficient (Wildman–Crippen LogP) is 2.84. The molecule has 0 aliphatic heterocycles. The number of carboxylic acids is 1.